The summed E-state index contributed by atoms with van der Waals surface area (Å²) >= 11 is 0. The van der Waals surface area contributed by atoms with Crippen molar-refractivity contribution >= 4 is 5.97 Å². The lowest BCUT2D eigenvalue weighted by Gasteiger charge is -2.38. The Hall–Kier alpha value is -1.97. The molecule has 0 amide bonds. The van der Waals surface area contributed by atoms with Gasteiger partial charge in [0.25, 0.3) is 5.79 Å². The predicted octanol–water partition coefficient (Wildman–Crippen LogP) is 6.31. The smallest absolute Gasteiger partial charge is 0.366 e. The fourth-order valence-corrected chi connectivity index (χ4v) is 6.20. The van der Waals surface area contributed by atoms with E-state index in [2.05, 4.69) is 12.2 Å². The Morgan fingerprint density at radius 3 is 2.29 bits per heavy atom. The van der Waals surface area contributed by atoms with Crippen LogP contribution in [0.25, 0.3) is 0 Å². The third kappa shape index (κ3) is 10.1. The van der Waals surface area contributed by atoms with Crippen LogP contribution < -0.4 is 4.74 Å². The number of aliphatic hydroxyl groups excluding tert-OH is 1. The number of esters is 1. The topological polar surface area (TPSA) is 92.7 Å². The number of aliphatic hydroxyl groups is 1. The Labute approximate surface area is 245 Å². The highest BCUT2D eigenvalue weighted by molar-refractivity contribution is 5.77. The molecule has 1 aromatic carbocycles. The largest absolute Gasteiger partial charge is 0.493 e. The number of unbranched alkanes of at least 4 members (excludes halogenated alkanes) is 2. The molecule has 2 aliphatic heterocycles. The maximum absolute atomic E-state index is 13.1. The highest BCUT2D eigenvalue weighted by atomic mass is 16.8. The molecule has 1 aromatic rings. The highest BCUT2D eigenvalue weighted by Gasteiger charge is 2.47. The monoisotopic (exact) mass is 574 g/mol. The summed E-state index contributed by atoms with van der Waals surface area (Å²) < 4.78 is 35.2. The summed E-state index contributed by atoms with van der Waals surface area (Å²) in [6.45, 7) is 1.87. The molecular weight excluding hydrogens is 524 g/mol. The van der Waals surface area contributed by atoms with Crippen molar-refractivity contribution in [1.82, 2.24) is 0 Å². The van der Waals surface area contributed by atoms with Gasteiger partial charge in [-0.1, -0.05) is 43.2 Å². The first kappa shape index (κ1) is 32.0. The van der Waals surface area contributed by atoms with Crippen molar-refractivity contribution in [3.8, 4) is 5.75 Å². The number of para-hydroxylation sites is 1. The molecule has 3 aliphatic rings. The number of benzene rings is 1. The van der Waals surface area contributed by atoms with E-state index in [1.165, 1.54) is 7.11 Å². The van der Waals surface area contributed by atoms with Gasteiger partial charge in [-0.05, 0) is 94.6 Å². The minimum absolute atomic E-state index is 0.255. The molecule has 8 nitrogen and oxygen atoms in total. The van der Waals surface area contributed by atoms with Gasteiger partial charge in [0.1, 0.15) is 5.75 Å². The molecule has 1 aliphatic carbocycles. The minimum atomic E-state index is -1.54. The maximum atomic E-state index is 13.1. The van der Waals surface area contributed by atoms with Gasteiger partial charge in [0.05, 0.1) is 19.8 Å². The van der Waals surface area contributed by atoms with Crippen LogP contribution in [-0.4, -0.2) is 62.5 Å². The lowest BCUT2D eigenvalue weighted by molar-refractivity contribution is -0.353. The van der Waals surface area contributed by atoms with Gasteiger partial charge >= 0.3 is 5.97 Å². The SMILES string of the molecule is COC(=O)C(CCCCC[C@H]1[C@@H](O)CC[C@@H]1C=CCCOc1ccccc1)(OC1CCCCO1)OC1CCCCO1. The van der Waals surface area contributed by atoms with Gasteiger partial charge < -0.3 is 33.5 Å². The third-order valence-electron chi connectivity index (χ3n) is 8.48. The van der Waals surface area contributed by atoms with Crippen LogP contribution in [0.15, 0.2) is 42.5 Å². The molecule has 2 saturated heterocycles. The quantitative estimate of drug-likeness (QED) is 0.106. The van der Waals surface area contributed by atoms with Crippen LogP contribution in [0.5, 0.6) is 5.75 Å². The Bertz CT molecular complexity index is 874. The van der Waals surface area contributed by atoms with E-state index < -0.39 is 24.3 Å². The molecule has 3 fully saturated rings. The first-order chi connectivity index (χ1) is 20.1. The molecule has 0 bridgehead atoms. The predicted molar refractivity (Wildman–Crippen MR) is 155 cm³/mol. The van der Waals surface area contributed by atoms with Crippen LogP contribution in [0.1, 0.15) is 89.9 Å². The van der Waals surface area contributed by atoms with Crippen LogP contribution in [0.3, 0.4) is 0 Å². The summed E-state index contributed by atoms with van der Waals surface area (Å²) in [5.74, 6) is -0.549. The summed E-state index contributed by atoms with van der Waals surface area (Å²) in [4.78, 5) is 13.1. The lowest BCUT2D eigenvalue weighted by Crippen LogP contribution is -2.51. The summed E-state index contributed by atoms with van der Waals surface area (Å²) in [5.41, 5.74) is 0. The summed E-state index contributed by atoms with van der Waals surface area (Å²) in [6, 6.07) is 9.86. The number of hydrogen-bond acceptors (Lipinski definition) is 8. The average Bonchev–Trinajstić information content (AvgIpc) is 3.36. The zero-order valence-corrected chi connectivity index (χ0v) is 24.8. The molecule has 8 heteroatoms. The second kappa shape index (κ2) is 17.2. The summed E-state index contributed by atoms with van der Waals surface area (Å²) in [5, 5.41) is 10.7. The van der Waals surface area contributed by atoms with Crippen molar-refractivity contribution in [2.45, 2.75) is 114 Å². The van der Waals surface area contributed by atoms with Gasteiger partial charge in [0.15, 0.2) is 12.6 Å². The number of carbonyl (C=O) groups is 1. The number of methoxy groups -OCH3 is 1. The second-order valence-corrected chi connectivity index (χ2v) is 11.5. The van der Waals surface area contributed by atoms with Crippen LogP contribution in [0, 0.1) is 11.8 Å². The van der Waals surface area contributed by atoms with Crippen LogP contribution >= 0.6 is 0 Å². The Morgan fingerprint density at radius 2 is 1.66 bits per heavy atom. The van der Waals surface area contributed by atoms with Crippen molar-refractivity contribution in [3.63, 3.8) is 0 Å². The molecule has 0 aromatic heterocycles. The molecule has 0 spiro atoms. The van der Waals surface area contributed by atoms with Crippen molar-refractivity contribution in [3.05, 3.63) is 42.5 Å². The van der Waals surface area contributed by atoms with E-state index in [0.717, 1.165) is 89.2 Å². The number of carbonyl (C=O) groups excluding carboxylic acids is 1. The maximum Gasteiger partial charge on any atom is 0.366 e. The van der Waals surface area contributed by atoms with Crippen molar-refractivity contribution in [2.24, 2.45) is 11.8 Å². The Kier molecular flexibility index (Phi) is 13.4. The number of hydrogen-bond donors (Lipinski definition) is 1. The fourth-order valence-electron chi connectivity index (χ4n) is 6.20. The first-order valence-electron chi connectivity index (χ1n) is 15.8. The zero-order valence-electron chi connectivity index (χ0n) is 24.8. The van der Waals surface area contributed by atoms with Crippen molar-refractivity contribution < 1.29 is 38.3 Å². The third-order valence-corrected chi connectivity index (χ3v) is 8.48. The fraction of sp³-hybridized carbons (Fsp3) is 0.727. The highest BCUT2D eigenvalue weighted by Crippen LogP contribution is 2.37. The molecule has 2 unspecified atom stereocenters. The molecule has 1 saturated carbocycles. The Balaban J connectivity index is 1.25. The van der Waals surface area contributed by atoms with Crippen LogP contribution in [-0.2, 0) is 28.5 Å². The van der Waals surface area contributed by atoms with E-state index in [1.54, 1.807) is 0 Å². The number of allylic oxidation sites excluding steroid dienone is 1. The summed E-state index contributed by atoms with van der Waals surface area (Å²) in [6.07, 6.45) is 15.2. The van der Waals surface area contributed by atoms with E-state index in [4.69, 9.17) is 28.4 Å². The molecule has 41 heavy (non-hydrogen) atoms. The van der Waals surface area contributed by atoms with Crippen LogP contribution in [0.4, 0.5) is 0 Å². The molecule has 5 atom stereocenters. The van der Waals surface area contributed by atoms with Gasteiger partial charge in [-0.25, -0.2) is 4.79 Å². The van der Waals surface area contributed by atoms with Gasteiger partial charge in [-0.2, -0.15) is 0 Å². The van der Waals surface area contributed by atoms with Gasteiger partial charge in [-0.3, -0.25) is 0 Å². The molecule has 1 N–H and O–H groups in total. The summed E-state index contributed by atoms with van der Waals surface area (Å²) in [7, 11) is 1.37. The molecule has 0 radical (unpaired) electrons. The molecule has 2 heterocycles. The van der Waals surface area contributed by atoms with Gasteiger partial charge in [0, 0.05) is 19.6 Å². The van der Waals surface area contributed by atoms with E-state index >= 15 is 0 Å². The molecular formula is C33H50O8. The van der Waals surface area contributed by atoms with Gasteiger partial charge in [0.2, 0.25) is 0 Å². The zero-order chi connectivity index (χ0) is 28.8. The Morgan fingerprint density at radius 1 is 0.951 bits per heavy atom. The average molecular weight is 575 g/mol. The minimum Gasteiger partial charge on any atom is -0.493 e. The molecule has 4 rings (SSSR count). The standard InChI is InChI=1S/C33H50O8/c1-36-32(35)33(40-30-18-8-12-24-38-30,41-31-19-9-13-25-39-31)22-10-3-6-17-28-26(20-21-29(28)34)14-7-11-23-37-27-15-4-2-5-16-27/h2,4-5,7,14-16,26,28-31,34H,3,6,8-13,17-25H2,1H3/t26-,28+,29-,30?,31?,33?/m0/s1. The van der Waals surface area contributed by atoms with E-state index in [9.17, 15) is 9.90 Å². The van der Waals surface area contributed by atoms with Crippen molar-refractivity contribution in [2.75, 3.05) is 26.9 Å². The van der Waals surface area contributed by atoms with Crippen LogP contribution in [0.2, 0.25) is 0 Å². The molecule has 230 valence electrons. The second-order valence-electron chi connectivity index (χ2n) is 11.5. The normalized spacial score (nSPS) is 28.4. The lowest BCUT2D eigenvalue weighted by atomic mass is 9.88. The number of rotatable bonds is 16. The first-order valence-corrected chi connectivity index (χ1v) is 15.8. The number of ether oxygens (including phenoxy) is 6. The van der Waals surface area contributed by atoms with E-state index in [1.807, 2.05) is 30.3 Å². The van der Waals surface area contributed by atoms with E-state index in [-0.39, 0.29) is 12.0 Å². The van der Waals surface area contributed by atoms with E-state index in [0.29, 0.717) is 32.2 Å². The van der Waals surface area contributed by atoms with Gasteiger partial charge in [-0.15, -0.1) is 0 Å². The van der Waals surface area contributed by atoms with Crippen molar-refractivity contribution in [1.29, 1.82) is 0 Å².